The molecule has 0 spiro atoms. The van der Waals surface area contributed by atoms with Crippen LogP contribution in [0.2, 0.25) is 0 Å². The highest BCUT2D eigenvalue weighted by Gasteiger charge is 2.04. The molecule has 14 heavy (non-hydrogen) atoms. The molecule has 0 atom stereocenters. The van der Waals surface area contributed by atoms with Crippen LogP contribution in [0.4, 0.5) is 0 Å². The molecule has 0 aliphatic heterocycles. The van der Waals surface area contributed by atoms with Gasteiger partial charge in [-0.15, -0.1) is 0 Å². The summed E-state index contributed by atoms with van der Waals surface area (Å²) in [6.07, 6.45) is 4.90. The number of aromatic nitrogens is 2. The highest BCUT2D eigenvalue weighted by Crippen LogP contribution is 1.99. The lowest BCUT2D eigenvalue weighted by molar-refractivity contribution is 0.591. The quantitative estimate of drug-likeness (QED) is 0.715. The molecule has 1 aromatic rings. The number of nitrogens with zero attached hydrogens (tertiary/aromatic N) is 3. The third-order valence-electron chi connectivity index (χ3n) is 1.73. The van der Waals surface area contributed by atoms with Crippen LogP contribution in [0.15, 0.2) is 12.4 Å². The van der Waals surface area contributed by atoms with Gasteiger partial charge in [0.25, 0.3) is 0 Å². The van der Waals surface area contributed by atoms with Crippen LogP contribution in [0.5, 0.6) is 0 Å². The highest BCUT2D eigenvalue weighted by atomic mass is 32.2. The summed E-state index contributed by atoms with van der Waals surface area (Å²) in [5.41, 5.74) is 0. The van der Waals surface area contributed by atoms with Gasteiger partial charge in [0.1, 0.15) is 15.9 Å². The van der Waals surface area contributed by atoms with Crippen molar-refractivity contribution in [2.75, 3.05) is 12.0 Å². The van der Waals surface area contributed by atoms with Crippen molar-refractivity contribution in [2.24, 2.45) is 0 Å². The monoisotopic (exact) mass is 213 g/mol. The van der Waals surface area contributed by atoms with Crippen molar-refractivity contribution in [3.05, 3.63) is 18.2 Å². The van der Waals surface area contributed by atoms with E-state index in [0.717, 1.165) is 0 Å². The lowest BCUT2D eigenvalue weighted by atomic mass is 10.4. The van der Waals surface area contributed by atoms with E-state index < -0.39 is 9.84 Å². The van der Waals surface area contributed by atoms with Gasteiger partial charge in [-0.3, -0.25) is 0 Å². The maximum atomic E-state index is 10.8. The van der Waals surface area contributed by atoms with Gasteiger partial charge in [-0.1, -0.05) is 0 Å². The van der Waals surface area contributed by atoms with E-state index >= 15 is 0 Å². The van der Waals surface area contributed by atoms with Gasteiger partial charge in [-0.05, 0) is 6.42 Å². The molecule has 0 saturated carbocycles. The number of imidazole rings is 1. The third-order valence-corrected chi connectivity index (χ3v) is 2.76. The Morgan fingerprint density at radius 1 is 1.64 bits per heavy atom. The first kappa shape index (κ1) is 10.7. The Morgan fingerprint density at radius 3 is 2.93 bits per heavy atom. The molecular formula is C8H11N3O2S. The van der Waals surface area contributed by atoms with E-state index in [4.69, 9.17) is 5.26 Å². The van der Waals surface area contributed by atoms with Crippen LogP contribution < -0.4 is 0 Å². The zero-order chi connectivity index (χ0) is 10.6. The van der Waals surface area contributed by atoms with Gasteiger partial charge in [0.15, 0.2) is 0 Å². The first-order valence-corrected chi connectivity index (χ1v) is 6.18. The zero-order valence-electron chi connectivity index (χ0n) is 7.84. The van der Waals surface area contributed by atoms with Crippen LogP contribution in [-0.2, 0) is 16.4 Å². The van der Waals surface area contributed by atoms with Crippen LogP contribution in [0.3, 0.4) is 0 Å². The Hall–Kier alpha value is -1.35. The molecule has 1 rings (SSSR count). The summed E-state index contributed by atoms with van der Waals surface area (Å²) in [5.74, 6) is 0.453. The van der Waals surface area contributed by atoms with Gasteiger partial charge < -0.3 is 4.57 Å². The van der Waals surface area contributed by atoms with Crippen molar-refractivity contribution >= 4 is 9.84 Å². The summed E-state index contributed by atoms with van der Waals surface area (Å²) in [6, 6.07) is 1.93. The minimum Gasteiger partial charge on any atom is -0.323 e. The van der Waals surface area contributed by atoms with Crippen molar-refractivity contribution in [1.29, 1.82) is 5.26 Å². The highest BCUT2D eigenvalue weighted by molar-refractivity contribution is 7.90. The van der Waals surface area contributed by atoms with Gasteiger partial charge >= 0.3 is 0 Å². The minimum absolute atomic E-state index is 0.135. The lowest BCUT2D eigenvalue weighted by Gasteiger charge is -2.01. The van der Waals surface area contributed by atoms with Gasteiger partial charge in [-0.2, -0.15) is 5.26 Å². The summed E-state index contributed by atoms with van der Waals surface area (Å²) in [5, 5.41) is 8.61. The fourth-order valence-corrected chi connectivity index (χ4v) is 1.75. The Kier molecular flexibility index (Phi) is 3.25. The van der Waals surface area contributed by atoms with Crippen molar-refractivity contribution in [3.63, 3.8) is 0 Å². The number of sulfone groups is 1. The van der Waals surface area contributed by atoms with E-state index in [2.05, 4.69) is 4.98 Å². The molecule has 0 radical (unpaired) electrons. The number of nitriles is 1. The van der Waals surface area contributed by atoms with Crippen LogP contribution in [0.25, 0.3) is 0 Å². The second-order valence-corrected chi connectivity index (χ2v) is 5.30. The Labute approximate surface area is 82.9 Å². The Balaban J connectivity index is 2.51. The van der Waals surface area contributed by atoms with Crippen LogP contribution in [0, 0.1) is 11.3 Å². The average molecular weight is 213 g/mol. The lowest BCUT2D eigenvalue weighted by Crippen LogP contribution is -2.08. The SMILES string of the molecule is CS(=O)(=O)CCCn1ccnc1C#N. The van der Waals surface area contributed by atoms with Crippen LogP contribution in [0.1, 0.15) is 12.2 Å². The molecule has 6 heteroatoms. The number of hydrogen-bond donors (Lipinski definition) is 0. The maximum absolute atomic E-state index is 10.8. The molecule has 0 amide bonds. The van der Waals surface area contributed by atoms with E-state index in [0.29, 0.717) is 18.8 Å². The predicted molar refractivity (Wildman–Crippen MR) is 51.3 cm³/mol. The van der Waals surface area contributed by atoms with Gasteiger partial charge in [0, 0.05) is 25.2 Å². The molecule has 0 aromatic carbocycles. The number of hydrogen-bond acceptors (Lipinski definition) is 4. The molecule has 0 saturated heterocycles. The average Bonchev–Trinajstić information content (AvgIpc) is 2.49. The van der Waals surface area contributed by atoms with Gasteiger partial charge in [-0.25, -0.2) is 13.4 Å². The van der Waals surface area contributed by atoms with E-state index in [-0.39, 0.29) is 5.75 Å². The summed E-state index contributed by atoms with van der Waals surface area (Å²) in [7, 11) is -2.91. The van der Waals surface area contributed by atoms with Crippen molar-refractivity contribution in [3.8, 4) is 6.07 Å². The molecular weight excluding hydrogens is 202 g/mol. The first-order valence-electron chi connectivity index (χ1n) is 4.12. The molecule has 0 unspecified atom stereocenters. The Morgan fingerprint density at radius 2 is 2.36 bits per heavy atom. The summed E-state index contributed by atoms with van der Waals surface area (Å²) >= 11 is 0. The molecule has 1 heterocycles. The molecule has 76 valence electrons. The molecule has 0 aliphatic rings. The number of rotatable bonds is 4. The van der Waals surface area contributed by atoms with E-state index in [9.17, 15) is 8.42 Å². The van der Waals surface area contributed by atoms with Crippen molar-refractivity contribution in [1.82, 2.24) is 9.55 Å². The second-order valence-electron chi connectivity index (χ2n) is 3.04. The van der Waals surface area contributed by atoms with Crippen molar-refractivity contribution < 1.29 is 8.42 Å². The molecule has 0 bridgehead atoms. The summed E-state index contributed by atoms with van der Waals surface area (Å²) in [6.45, 7) is 0.510. The van der Waals surface area contributed by atoms with E-state index in [1.807, 2.05) is 6.07 Å². The molecule has 0 aliphatic carbocycles. The van der Waals surface area contributed by atoms with Gasteiger partial charge in [0.05, 0.1) is 5.75 Å². The standard InChI is InChI=1S/C8H11N3O2S/c1-14(12,13)6-2-4-11-5-3-10-8(11)7-9/h3,5H,2,4,6H2,1H3. The zero-order valence-corrected chi connectivity index (χ0v) is 8.66. The van der Waals surface area contributed by atoms with Crippen LogP contribution in [-0.4, -0.2) is 30.0 Å². The molecule has 5 nitrogen and oxygen atoms in total. The smallest absolute Gasteiger partial charge is 0.212 e. The second kappa shape index (κ2) is 4.24. The largest absolute Gasteiger partial charge is 0.323 e. The molecule has 1 aromatic heterocycles. The fourth-order valence-electron chi connectivity index (χ4n) is 1.10. The van der Waals surface area contributed by atoms with Gasteiger partial charge in [0.2, 0.25) is 5.82 Å². The third kappa shape index (κ3) is 3.18. The molecule has 0 fully saturated rings. The minimum atomic E-state index is -2.91. The van der Waals surface area contributed by atoms with E-state index in [1.165, 1.54) is 12.5 Å². The normalized spacial score (nSPS) is 11.1. The summed E-state index contributed by atoms with van der Waals surface area (Å²) < 4.78 is 23.3. The van der Waals surface area contributed by atoms with Crippen LogP contribution >= 0.6 is 0 Å². The van der Waals surface area contributed by atoms with Crippen molar-refractivity contribution in [2.45, 2.75) is 13.0 Å². The first-order chi connectivity index (χ1) is 6.53. The topological polar surface area (TPSA) is 75.8 Å². The maximum Gasteiger partial charge on any atom is 0.212 e. The Bertz CT molecular complexity index is 441. The molecule has 0 N–H and O–H groups in total. The fraction of sp³-hybridized carbons (Fsp3) is 0.500. The summed E-state index contributed by atoms with van der Waals surface area (Å²) in [4.78, 5) is 3.80. The predicted octanol–water partition coefficient (Wildman–Crippen LogP) is 0.189. The number of aryl methyl sites for hydroxylation is 1. The van der Waals surface area contributed by atoms with E-state index in [1.54, 1.807) is 10.8 Å².